The minimum Gasteiger partial charge on any atom is -0.362 e. The van der Waals surface area contributed by atoms with Crippen molar-refractivity contribution in [3.05, 3.63) is 82.4 Å². The highest BCUT2D eigenvalue weighted by Crippen LogP contribution is 2.31. The number of nitrogens with zero attached hydrogens (tertiary/aromatic N) is 9. The maximum absolute atomic E-state index is 12.8. The number of hydrogen-bond acceptors (Lipinski definition) is 9. The van der Waals surface area contributed by atoms with Crippen LogP contribution in [0.4, 0.5) is 17.3 Å². The molecule has 1 aliphatic heterocycles. The van der Waals surface area contributed by atoms with Crippen LogP contribution in [-0.2, 0) is 7.05 Å². The summed E-state index contributed by atoms with van der Waals surface area (Å²) >= 11 is 0. The van der Waals surface area contributed by atoms with Crippen LogP contribution in [0.5, 0.6) is 0 Å². The highest BCUT2D eigenvalue weighted by atomic mass is 16.6. The van der Waals surface area contributed by atoms with Gasteiger partial charge in [-0.05, 0) is 34.7 Å². The largest absolute Gasteiger partial charge is 0.362 e. The Morgan fingerprint density at radius 3 is 2.44 bits per heavy atom. The first-order valence-corrected chi connectivity index (χ1v) is 10.7. The minimum absolute atomic E-state index is 0.109. The standard InChI is InChI=1S/C22H21N9O3/c1-27-10-9-23-21(27)20(32)16-7-8-18(19(15-16)31(33)34)28-11-13-29(14-12-28)22-24-25-26-30(22)17-5-3-2-4-6-17/h2-10,15H,11-14H2,1H3. The summed E-state index contributed by atoms with van der Waals surface area (Å²) in [4.78, 5) is 32.2. The van der Waals surface area contributed by atoms with Crippen molar-refractivity contribution in [2.24, 2.45) is 7.05 Å². The number of ketones is 1. The first-order chi connectivity index (χ1) is 16.5. The summed E-state index contributed by atoms with van der Waals surface area (Å²) in [6, 6.07) is 14.2. The van der Waals surface area contributed by atoms with Crippen LogP contribution in [0.3, 0.4) is 0 Å². The third-order valence-electron chi connectivity index (χ3n) is 5.82. The Hall–Kier alpha value is -4.61. The molecule has 1 saturated heterocycles. The van der Waals surface area contributed by atoms with Gasteiger partial charge in [-0.2, -0.15) is 4.68 Å². The molecule has 2 aromatic heterocycles. The molecule has 0 radical (unpaired) electrons. The van der Waals surface area contributed by atoms with Gasteiger partial charge in [0, 0.05) is 57.3 Å². The Balaban J connectivity index is 1.35. The van der Waals surface area contributed by atoms with Crippen LogP contribution < -0.4 is 9.80 Å². The zero-order chi connectivity index (χ0) is 23.7. The maximum atomic E-state index is 12.8. The second-order valence-corrected chi connectivity index (χ2v) is 7.85. The second-order valence-electron chi connectivity index (χ2n) is 7.85. The molecule has 1 fully saturated rings. The molecular weight excluding hydrogens is 438 g/mol. The fraction of sp³-hybridized carbons (Fsp3) is 0.227. The average molecular weight is 459 g/mol. The highest BCUT2D eigenvalue weighted by molar-refractivity contribution is 6.07. The summed E-state index contributed by atoms with van der Waals surface area (Å²) in [5.74, 6) is 0.489. The van der Waals surface area contributed by atoms with Crippen LogP contribution in [0.1, 0.15) is 16.2 Å². The van der Waals surface area contributed by atoms with Gasteiger partial charge in [-0.1, -0.05) is 23.3 Å². The number of aryl methyl sites for hydroxylation is 1. The number of hydrogen-bond donors (Lipinski definition) is 0. The predicted molar refractivity (Wildman–Crippen MR) is 123 cm³/mol. The molecule has 0 unspecified atom stereocenters. The Labute approximate surface area is 194 Å². The van der Waals surface area contributed by atoms with Crippen LogP contribution >= 0.6 is 0 Å². The number of tetrazole rings is 1. The quantitative estimate of drug-likeness (QED) is 0.241. The number of nitro benzene ring substituents is 1. The average Bonchev–Trinajstić information content (AvgIpc) is 3.53. The molecule has 2 aromatic carbocycles. The molecule has 0 bridgehead atoms. The first kappa shape index (κ1) is 21.2. The van der Waals surface area contributed by atoms with E-state index in [1.807, 2.05) is 40.1 Å². The Bertz CT molecular complexity index is 1340. The molecule has 4 aromatic rings. The van der Waals surface area contributed by atoms with Gasteiger partial charge in [0.2, 0.25) is 11.7 Å². The van der Waals surface area contributed by atoms with Crippen molar-refractivity contribution in [2.75, 3.05) is 36.0 Å². The molecule has 172 valence electrons. The van der Waals surface area contributed by atoms with Gasteiger partial charge in [0.1, 0.15) is 5.69 Å². The van der Waals surface area contributed by atoms with E-state index >= 15 is 0 Å². The fourth-order valence-corrected chi connectivity index (χ4v) is 4.06. The van der Waals surface area contributed by atoms with Crippen LogP contribution in [0.25, 0.3) is 5.69 Å². The van der Waals surface area contributed by atoms with Gasteiger partial charge in [0.05, 0.1) is 10.6 Å². The van der Waals surface area contributed by atoms with E-state index in [0.717, 1.165) is 5.69 Å². The summed E-state index contributed by atoms with van der Waals surface area (Å²) in [6.07, 6.45) is 3.17. The SMILES string of the molecule is Cn1ccnc1C(=O)c1ccc(N2CCN(c3nnnn3-c3ccccc3)CC2)c([N+](=O)[O-])c1. The highest BCUT2D eigenvalue weighted by Gasteiger charge is 2.28. The fourth-order valence-electron chi connectivity index (χ4n) is 4.06. The van der Waals surface area contributed by atoms with E-state index in [-0.39, 0.29) is 22.9 Å². The number of anilines is 2. The zero-order valence-electron chi connectivity index (χ0n) is 18.4. The number of carbonyl (C=O) groups is 1. The number of carbonyl (C=O) groups excluding carboxylic acids is 1. The van der Waals surface area contributed by atoms with E-state index < -0.39 is 4.92 Å². The van der Waals surface area contributed by atoms with Gasteiger partial charge in [0.15, 0.2) is 5.82 Å². The van der Waals surface area contributed by atoms with Crippen LogP contribution in [0, 0.1) is 10.1 Å². The molecule has 12 heteroatoms. The van der Waals surface area contributed by atoms with Crippen molar-refractivity contribution in [2.45, 2.75) is 0 Å². The van der Waals surface area contributed by atoms with Gasteiger partial charge >= 0.3 is 0 Å². The number of nitro groups is 1. The lowest BCUT2D eigenvalue weighted by Gasteiger charge is -2.35. The lowest BCUT2D eigenvalue weighted by atomic mass is 10.1. The second kappa shape index (κ2) is 8.73. The third kappa shape index (κ3) is 3.85. The van der Waals surface area contributed by atoms with Crippen molar-refractivity contribution in [1.82, 2.24) is 29.8 Å². The monoisotopic (exact) mass is 459 g/mol. The van der Waals surface area contributed by atoms with E-state index in [0.29, 0.717) is 37.8 Å². The molecule has 0 aliphatic carbocycles. The van der Waals surface area contributed by atoms with Gasteiger partial charge in [-0.25, -0.2) is 4.98 Å². The number of piperazine rings is 1. The lowest BCUT2D eigenvalue weighted by molar-refractivity contribution is -0.384. The molecule has 0 atom stereocenters. The Morgan fingerprint density at radius 1 is 1.03 bits per heavy atom. The van der Waals surface area contributed by atoms with E-state index in [4.69, 9.17) is 0 Å². The maximum Gasteiger partial charge on any atom is 0.293 e. The van der Waals surface area contributed by atoms with Crippen molar-refractivity contribution in [3.8, 4) is 5.69 Å². The molecule has 12 nitrogen and oxygen atoms in total. The van der Waals surface area contributed by atoms with Crippen LogP contribution in [0.2, 0.25) is 0 Å². The van der Waals surface area contributed by atoms with Crippen molar-refractivity contribution < 1.29 is 9.72 Å². The van der Waals surface area contributed by atoms with Gasteiger partial charge < -0.3 is 14.4 Å². The smallest absolute Gasteiger partial charge is 0.293 e. The Morgan fingerprint density at radius 2 is 1.76 bits per heavy atom. The molecule has 0 amide bonds. The Kier molecular flexibility index (Phi) is 5.46. The predicted octanol–water partition coefficient (Wildman–Crippen LogP) is 1.86. The van der Waals surface area contributed by atoms with E-state index in [1.165, 1.54) is 12.3 Å². The molecule has 0 spiro atoms. The summed E-state index contributed by atoms with van der Waals surface area (Å²) < 4.78 is 3.26. The summed E-state index contributed by atoms with van der Waals surface area (Å²) in [5.41, 5.74) is 1.45. The van der Waals surface area contributed by atoms with Crippen molar-refractivity contribution >= 4 is 23.1 Å². The van der Waals surface area contributed by atoms with E-state index in [9.17, 15) is 14.9 Å². The normalized spacial score (nSPS) is 13.8. The van der Waals surface area contributed by atoms with E-state index in [1.54, 1.807) is 34.6 Å². The number of para-hydroxylation sites is 1. The topological polar surface area (TPSA) is 128 Å². The van der Waals surface area contributed by atoms with Gasteiger partial charge in [0.25, 0.3) is 5.69 Å². The minimum atomic E-state index is -0.452. The van der Waals surface area contributed by atoms with Crippen molar-refractivity contribution in [3.63, 3.8) is 0 Å². The van der Waals surface area contributed by atoms with Crippen LogP contribution in [0.15, 0.2) is 60.9 Å². The third-order valence-corrected chi connectivity index (χ3v) is 5.82. The number of rotatable bonds is 6. The molecule has 3 heterocycles. The van der Waals surface area contributed by atoms with E-state index in [2.05, 4.69) is 20.5 Å². The zero-order valence-corrected chi connectivity index (χ0v) is 18.4. The molecule has 1 aliphatic rings. The first-order valence-electron chi connectivity index (χ1n) is 10.7. The molecular formula is C22H21N9O3. The number of aromatic nitrogens is 6. The summed E-state index contributed by atoms with van der Waals surface area (Å²) in [6.45, 7) is 2.24. The number of imidazole rings is 1. The van der Waals surface area contributed by atoms with Gasteiger partial charge in [-0.15, -0.1) is 0 Å². The van der Waals surface area contributed by atoms with Gasteiger partial charge in [-0.3, -0.25) is 14.9 Å². The molecule has 0 N–H and O–H groups in total. The lowest BCUT2D eigenvalue weighted by Crippen LogP contribution is -2.47. The molecule has 0 saturated carbocycles. The number of benzene rings is 2. The summed E-state index contributed by atoms with van der Waals surface area (Å²) in [5, 5.41) is 24.0. The summed E-state index contributed by atoms with van der Waals surface area (Å²) in [7, 11) is 1.70. The van der Waals surface area contributed by atoms with Crippen LogP contribution in [-0.4, -0.2) is 66.6 Å². The van der Waals surface area contributed by atoms with Crippen molar-refractivity contribution in [1.29, 1.82) is 0 Å². The molecule has 34 heavy (non-hydrogen) atoms. The molecule has 5 rings (SSSR count).